The summed E-state index contributed by atoms with van der Waals surface area (Å²) in [5.41, 5.74) is 7.71. The molecule has 27 heteroatoms. The van der Waals surface area contributed by atoms with Gasteiger partial charge in [0.05, 0.1) is 115 Å². The molecule has 8 aromatic carbocycles. The van der Waals surface area contributed by atoms with Crippen LogP contribution in [-0.4, -0.2) is 152 Å². The Balaban J connectivity index is 0.000000208. The number of hydrogen-bond donors (Lipinski definition) is 1. The van der Waals surface area contributed by atoms with E-state index >= 15 is 0 Å². The molecule has 12 rings (SSSR count). The van der Waals surface area contributed by atoms with E-state index in [0.717, 1.165) is 55.7 Å². The number of nitrogens with zero attached hydrogens (tertiary/aromatic N) is 4. The molecule has 0 aliphatic heterocycles. The number of carbonyl (C=O) groups excluding carboxylic acids is 5. The van der Waals surface area contributed by atoms with Gasteiger partial charge in [-0.3, -0.25) is 39.1 Å². The molecule has 0 saturated heterocycles. The van der Waals surface area contributed by atoms with E-state index in [9.17, 15) is 29.1 Å². The molecule has 0 bridgehead atoms. The molecule has 4 aromatic heterocycles. The van der Waals surface area contributed by atoms with Gasteiger partial charge in [-0.1, -0.05) is 48.5 Å². The summed E-state index contributed by atoms with van der Waals surface area (Å²) in [6.45, 7) is 4.76. The molecule has 0 spiro atoms. The minimum absolute atomic E-state index is 0. The molecule has 584 valence electrons. The first-order chi connectivity index (χ1) is 53.8. The van der Waals surface area contributed by atoms with Gasteiger partial charge in [-0.25, -0.2) is 4.79 Å². The first-order valence-corrected chi connectivity index (χ1v) is 34.6. The van der Waals surface area contributed by atoms with Crippen molar-refractivity contribution in [2.24, 2.45) is 0 Å². The number of benzene rings is 8. The Morgan fingerprint density at radius 3 is 1.02 bits per heavy atom. The molecule has 0 amide bonds. The van der Waals surface area contributed by atoms with Crippen LogP contribution in [0.25, 0.3) is 43.1 Å². The van der Waals surface area contributed by atoms with Crippen LogP contribution in [0, 0.1) is 0 Å². The fraction of sp³-hybridized carbons (Fsp3) is 0.244. The number of carbonyl (C=O) groups is 5. The summed E-state index contributed by atoms with van der Waals surface area (Å²) in [6, 6.07) is 43.8. The monoisotopic (exact) mass is 1530 g/mol. The van der Waals surface area contributed by atoms with Crippen LogP contribution in [0.2, 0.25) is 0 Å². The second-order valence-corrected chi connectivity index (χ2v) is 24.2. The number of aliphatic hydroxyl groups excluding tert-OH is 1. The van der Waals surface area contributed by atoms with E-state index in [4.69, 9.17) is 71.1 Å². The summed E-state index contributed by atoms with van der Waals surface area (Å²) < 4.78 is 79.7. The molecular formula is C86H87LiN4O22. The zero-order valence-electron chi connectivity index (χ0n) is 65.8. The Labute approximate surface area is 665 Å². The minimum atomic E-state index is -0.417. The van der Waals surface area contributed by atoms with E-state index in [1.54, 1.807) is 148 Å². The van der Waals surface area contributed by atoms with Gasteiger partial charge in [-0.05, 0) is 131 Å². The quantitative estimate of drug-likeness (QED) is 0.0216. The zero-order chi connectivity index (χ0) is 79.8. The summed E-state index contributed by atoms with van der Waals surface area (Å²) in [4.78, 5) is 79.0. The summed E-state index contributed by atoms with van der Waals surface area (Å²) in [6.07, 6.45) is 7.53. The molecule has 4 heterocycles. The molecule has 0 radical (unpaired) electrons. The zero-order valence-corrected chi connectivity index (χ0v) is 65.8. The maximum absolute atomic E-state index is 13.2. The standard InChI is InChI=1S/C22H21NO6.2C22H23NO5.C20H19NO5.Li.H2O/c1-13(24)29-12-15-11-23-21(22(25)14-6-5-7-16(8-14)26-2)18-10-20(28-4)19(27-3)9-17(15)18;1-14(24)28-13-16-12-23-20(9-15-6-5-7-17(8-15)25-2)19-11-22(27-4)21(26-3)10-18(16)19;1-5-28-22(24)18-13-23-19(10-14-7-6-8-15(9-14)25-2)17-12-21(27-4)20(26-3)11-16(17)18;1-24-14-6-4-5-12(7-14)20(23)19-16-9-18(26-3)17(25-2)8-15(16)13(11-22)10-21-19;;/h5-11H,12H2,1-4H3;5-8,10-12H,9,13H2,1-4H3;6-9,11-13H,5,10H2,1-4H3;4-10,22H,11H2,1-3H3;;1H2/q;;;;+1;/p-1. The van der Waals surface area contributed by atoms with Gasteiger partial charge in [0, 0.05) is 106 Å². The van der Waals surface area contributed by atoms with Crippen LogP contribution in [0.4, 0.5) is 0 Å². The first-order valence-electron chi connectivity index (χ1n) is 34.6. The first kappa shape index (κ1) is 87.5. The van der Waals surface area contributed by atoms with Crippen LogP contribution in [-0.2, 0) is 56.5 Å². The van der Waals surface area contributed by atoms with Crippen molar-refractivity contribution in [2.75, 3.05) is 91.9 Å². The minimum Gasteiger partial charge on any atom is -0.870 e. The normalized spacial score (nSPS) is 10.4. The molecule has 0 atom stereocenters. The second kappa shape index (κ2) is 41.9. The van der Waals surface area contributed by atoms with Gasteiger partial charge >= 0.3 is 36.8 Å². The number of methoxy groups -OCH3 is 12. The fourth-order valence-corrected chi connectivity index (χ4v) is 12.0. The number of aromatic nitrogens is 4. The van der Waals surface area contributed by atoms with Crippen molar-refractivity contribution in [3.8, 4) is 69.0 Å². The van der Waals surface area contributed by atoms with Gasteiger partial charge in [0.25, 0.3) is 0 Å². The number of rotatable bonds is 27. The van der Waals surface area contributed by atoms with Gasteiger partial charge in [-0.15, -0.1) is 0 Å². The second-order valence-electron chi connectivity index (χ2n) is 24.2. The molecular weight excluding hydrogens is 1450 g/mol. The summed E-state index contributed by atoms with van der Waals surface area (Å²) in [5.74, 6) is 5.37. The van der Waals surface area contributed by atoms with Crippen LogP contribution in [0.15, 0.2) is 170 Å². The molecule has 2 N–H and O–H groups in total. The van der Waals surface area contributed by atoms with Crippen LogP contribution in [0.1, 0.15) is 102 Å². The average Bonchev–Trinajstić information content (AvgIpc) is 0.788. The van der Waals surface area contributed by atoms with Gasteiger partial charge in [-0.2, -0.15) is 0 Å². The number of ketones is 2. The Kier molecular flexibility index (Phi) is 32.4. The predicted octanol–water partition coefficient (Wildman–Crippen LogP) is 11.3. The van der Waals surface area contributed by atoms with E-state index in [2.05, 4.69) is 19.9 Å². The van der Waals surface area contributed by atoms with Crippen LogP contribution in [0.3, 0.4) is 0 Å². The van der Waals surface area contributed by atoms with E-state index in [1.807, 2.05) is 66.7 Å². The SMILES string of the molecule is CCOC(=O)c1cnc(Cc2cccc(OC)c2)c2cc(OC)c(OC)cc12.COc1cccc(C(=O)c2ncc(CO)c3cc(OC)c(OC)cc23)c1.COc1cccc(C(=O)c2ncc(COC(C)=O)c3cc(OC)c(OC)cc23)c1.COc1cccc(Cc2ncc(COC(C)=O)c3cc(OC)c(OC)cc23)c1.[Li+].[OH-]. The Morgan fingerprint density at radius 2 is 0.655 bits per heavy atom. The molecule has 0 saturated carbocycles. The van der Waals surface area contributed by atoms with E-state index in [0.29, 0.717) is 132 Å². The number of fused-ring (bicyclic) bond motifs is 4. The summed E-state index contributed by atoms with van der Waals surface area (Å²) in [7, 11) is 18.8. The van der Waals surface area contributed by atoms with Crippen LogP contribution < -0.4 is 75.7 Å². The summed E-state index contributed by atoms with van der Waals surface area (Å²) >= 11 is 0. The number of aliphatic hydroxyl groups is 1. The number of ether oxygens (including phenoxy) is 15. The van der Waals surface area contributed by atoms with Crippen molar-refractivity contribution in [1.82, 2.24) is 19.9 Å². The van der Waals surface area contributed by atoms with Crippen molar-refractivity contribution in [3.63, 3.8) is 0 Å². The Morgan fingerprint density at radius 1 is 0.345 bits per heavy atom. The smallest absolute Gasteiger partial charge is 0.870 e. The van der Waals surface area contributed by atoms with Gasteiger partial charge in [0.2, 0.25) is 11.6 Å². The molecule has 26 nitrogen and oxygen atoms in total. The molecule has 113 heavy (non-hydrogen) atoms. The van der Waals surface area contributed by atoms with Gasteiger partial charge < -0.3 is 81.6 Å². The Hall–Kier alpha value is -12.7. The molecule has 0 unspecified atom stereocenters. The van der Waals surface area contributed by atoms with E-state index in [-0.39, 0.29) is 73.1 Å². The number of esters is 3. The van der Waals surface area contributed by atoms with Crippen LogP contribution in [0.5, 0.6) is 69.0 Å². The largest absolute Gasteiger partial charge is 1.00 e. The average molecular weight is 1540 g/mol. The molecule has 0 aliphatic carbocycles. The number of pyridine rings is 4. The van der Waals surface area contributed by atoms with Crippen molar-refractivity contribution in [1.29, 1.82) is 0 Å². The van der Waals surface area contributed by atoms with Crippen molar-refractivity contribution in [3.05, 3.63) is 238 Å². The molecule has 12 aromatic rings. The fourth-order valence-electron chi connectivity index (χ4n) is 12.0. The van der Waals surface area contributed by atoms with Crippen LogP contribution >= 0.6 is 0 Å². The van der Waals surface area contributed by atoms with E-state index in [1.165, 1.54) is 61.8 Å². The van der Waals surface area contributed by atoms with Crippen molar-refractivity contribution in [2.45, 2.75) is 53.4 Å². The molecule has 0 aliphatic rings. The van der Waals surface area contributed by atoms with Gasteiger partial charge in [0.15, 0.2) is 46.0 Å². The van der Waals surface area contributed by atoms with E-state index < -0.39 is 11.9 Å². The maximum Gasteiger partial charge on any atom is 1.00 e. The Bertz CT molecular complexity index is 5370. The third kappa shape index (κ3) is 21.2. The molecule has 0 fully saturated rings. The third-order valence-corrected chi connectivity index (χ3v) is 17.6. The summed E-state index contributed by atoms with van der Waals surface area (Å²) in [5, 5.41) is 15.5. The third-order valence-electron chi connectivity index (χ3n) is 17.6. The number of hydrogen-bond acceptors (Lipinski definition) is 26. The predicted molar refractivity (Wildman–Crippen MR) is 419 cm³/mol. The van der Waals surface area contributed by atoms with Crippen molar-refractivity contribution < 1.29 is 124 Å². The van der Waals surface area contributed by atoms with Gasteiger partial charge in [0.1, 0.15) is 47.6 Å². The van der Waals surface area contributed by atoms with Crippen molar-refractivity contribution >= 4 is 72.6 Å². The maximum atomic E-state index is 13.2. The topological polar surface area (TPSA) is 326 Å².